The molecule has 0 aromatic carbocycles. The van der Waals surface area contributed by atoms with Crippen LogP contribution in [-0.4, -0.2) is 22.9 Å². The Labute approximate surface area is 121 Å². The molecule has 1 aromatic rings. The Morgan fingerprint density at radius 1 is 1.56 bits per heavy atom. The van der Waals surface area contributed by atoms with Crippen molar-refractivity contribution in [3.63, 3.8) is 0 Å². The fourth-order valence-corrected chi connectivity index (χ4v) is 2.38. The van der Waals surface area contributed by atoms with E-state index >= 15 is 0 Å². The number of ketones is 1. The first kappa shape index (κ1) is 13.7. The Kier molecular flexibility index (Phi) is 4.94. The lowest BCUT2D eigenvalue weighted by Crippen LogP contribution is -2.43. The number of pyridine rings is 1. The summed E-state index contributed by atoms with van der Waals surface area (Å²) >= 11 is 2.18. The molecule has 98 valence electrons. The van der Waals surface area contributed by atoms with E-state index in [1.165, 1.54) is 0 Å². The second-order valence-electron chi connectivity index (χ2n) is 4.72. The molecule has 0 spiro atoms. The first-order valence-corrected chi connectivity index (χ1v) is 7.22. The molecule has 0 amide bonds. The van der Waals surface area contributed by atoms with Crippen molar-refractivity contribution >= 4 is 28.6 Å². The van der Waals surface area contributed by atoms with Crippen LogP contribution < -0.4 is 8.27 Å². The molecule has 5 heteroatoms. The summed E-state index contributed by atoms with van der Waals surface area (Å²) in [6.45, 7) is 1.61. The molecular weight excluding hydrogens is 343 g/mol. The van der Waals surface area contributed by atoms with Gasteiger partial charge in [-0.3, -0.25) is 3.53 Å². The normalized spacial score (nSPS) is 22.3. The van der Waals surface area contributed by atoms with E-state index in [-0.39, 0.29) is 11.9 Å². The maximum Gasteiger partial charge on any atom is 0.213 e. The van der Waals surface area contributed by atoms with Gasteiger partial charge in [-0.15, -0.1) is 0 Å². The largest absolute Gasteiger partial charge is 0.474 e. The molecule has 0 atom stereocenters. The van der Waals surface area contributed by atoms with Gasteiger partial charge in [-0.05, 0) is 18.9 Å². The summed E-state index contributed by atoms with van der Waals surface area (Å²) in [6.07, 6.45) is 5.49. The molecule has 1 saturated carbocycles. The summed E-state index contributed by atoms with van der Waals surface area (Å²) in [7, 11) is 0. The third-order valence-electron chi connectivity index (χ3n) is 3.10. The summed E-state index contributed by atoms with van der Waals surface area (Å²) in [4.78, 5) is 15.2. The number of hydrogen-bond donors (Lipinski definition) is 1. The van der Waals surface area contributed by atoms with Crippen molar-refractivity contribution in [2.24, 2.45) is 0 Å². The molecule has 0 bridgehead atoms. The molecule has 0 radical (unpaired) electrons. The number of nitrogens with one attached hydrogen (secondary N) is 1. The molecule has 18 heavy (non-hydrogen) atoms. The van der Waals surface area contributed by atoms with Gasteiger partial charge in [-0.2, -0.15) is 0 Å². The zero-order valence-corrected chi connectivity index (χ0v) is 12.5. The van der Waals surface area contributed by atoms with E-state index in [2.05, 4.69) is 31.4 Å². The molecule has 0 aliphatic heterocycles. The van der Waals surface area contributed by atoms with Crippen LogP contribution in [0.3, 0.4) is 0 Å². The number of carbonyl (C=O) groups excluding carboxylic acids is 1. The fourth-order valence-electron chi connectivity index (χ4n) is 1.87. The molecule has 1 heterocycles. The molecule has 2 rings (SSSR count). The highest BCUT2D eigenvalue weighted by atomic mass is 127. The van der Waals surface area contributed by atoms with E-state index in [9.17, 15) is 4.79 Å². The highest BCUT2D eigenvalue weighted by Crippen LogP contribution is 2.25. The van der Waals surface area contributed by atoms with Crippen molar-refractivity contribution in [3.8, 4) is 5.88 Å². The van der Waals surface area contributed by atoms with Gasteiger partial charge in [0.2, 0.25) is 5.88 Å². The minimum Gasteiger partial charge on any atom is -0.474 e. The highest BCUT2D eigenvalue weighted by Gasteiger charge is 2.30. The van der Waals surface area contributed by atoms with Gasteiger partial charge in [0.05, 0.1) is 0 Å². The van der Waals surface area contributed by atoms with Crippen molar-refractivity contribution in [1.82, 2.24) is 8.51 Å². The van der Waals surface area contributed by atoms with Crippen LogP contribution in [0.2, 0.25) is 0 Å². The van der Waals surface area contributed by atoms with E-state index in [0.29, 0.717) is 18.3 Å². The molecule has 1 N–H and O–H groups in total. The number of ether oxygens (including phenoxy) is 1. The van der Waals surface area contributed by atoms with Gasteiger partial charge in [0.1, 0.15) is 11.9 Å². The third-order valence-corrected chi connectivity index (χ3v) is 3.98. The quantitative estimate of drug-likeness (QED) is 0.626. The van der Waals surface area contributed by atoms with E-state index in [1.54, 1.807) is 13.1 Å². The Morgan fingerprint density at radius 3 is 2.89 bits per heavy atom. The Bertz CT molecular complexity index is 402. The highest BCUT2D eigenvalue weighted by molar-refractivity contribution is 14.1. The number of Topliss-reactive ketones (excluding diaryl/α,β-unsaturated/α-hetero) is 1. The summed E-state index contributed by atoms with van der Waals surface area (Å²) in [6, 6.07) is 4.45. The third kappa shape index (κ3) is 3.91. The minimum atomic E-state index is 0.210. The molecule has 4 nitrogen and oxygen atoms in total. The topological polar surface area (TPSA) is 51.2 Å². The minimum absolute atomic E-state index is 0.210. The maximum atomic E-state index is 10.9. The Hall–Kier alpha value is -0.690. The van der Waals surface area contributed by atoms with Crippen molar-refractivity contribution in [1.29, 1.82) is 0 Å². The summed E-state index contributed by atoms with van der Waals surface area (Å²) in [5.74, 6) is 0.889. The van der Waals surface area contributed by atoms with E-state index < -0.39 is 0 Å². The number of halogens is 1. The van der Waals surface area contributed by atoms with Crippen LogP contribution in [0.4, 0.5) is 0 Å². The van der Waals surface area contributed by atoms with Crippen LogP contribution in [0.25, 0.3) is 0 Å². The average molecular weight is 360 g/mol. The van der Waals surface area contributed by atoms with Gasteiger partial charge in [-0.1, -0.05) is 6.07 Å². The zero-order valence-electron chi connectivity index (χ0n) is 10.4. The maximum absolute atomic E-state index is 10.9. The molecular formula is C13H17IN2O2. The average Bonchev–Trinajstić information content (AvgIpc) is 2.32. The lowest BCUT2D eigenvalue weighted by atomic mass is 9.90. The van der Waals surface area contributed by atoms with Gasteiger partial charge in [0.25, 0.3) is 0 Å². The number of hydrogen-bond acceptors (Lipinski definition) is 4. The van der Waals surface area contributed by atoms with Crippen LogP contribution in [0.15, 0.2) is 18.3 Å². The van der Waals surface area contributed by atoms with Crippen LogP contribution in [0.1, 0.15) is 31.7 Å². The smallest absolute Gasteiger partial charge is 0.213 e. The molecule has 0 unspecified atom stereocenters. The van der Waals surface area contributed by atoms with Gasteiger partial charge in [-0.25, -0.2) is 4.98 Å². The molecule has 1 aliphatic rings. The van der Waals surface area contributed by atoms with Gasteiger partial charge in [0.15, 0.2) is 0 Å². The zero-order chi connectivity index (χ0) is 13.0. The molecule has 0 saturated heterocycles. The lowest BCUT2D eigenvalue weighted by molar-refractivity contribution is -0.116. The first-order valence-electron chi connectivity index (χ1n) is 6.14. The van der Waals surface area contributed by atoms with Crippen LogP contribution in [0, 0.1) is 0 Å². The summed E-state index contributed by atoms with van der Waals surface area (Å²) in [5, 5.41) is 0. The van der Waals surface area contributed by atoms with Gasteiger partial charge < -0.3 is 9.53 Å². The standard InChI is InChI=1S/C13H17IN2O2/c1-9(17)2-3-10-4-5-13(15-8-10)18-12-6-11(7-12)16-14/h4-5,8,11-12,16H,2-3,6-7H2,1H3. The van der Waals surface area contributed by atoms with Crippen molar-refractivity contribution in [2.75, 3.05) is 0 Å². The SMILES string of the molecule is CC(=O)CCc1ccc(OC2CC(NI)C2)nc1. The predicted molar refractivity (Wildman–Crippen MR) is 77.8 cm³/mol. The predicted octanol–water partition coefficient (Wildman–Crippen LogP) is 2.45. The summed E-state index contributed by atoms with van der Waals surface area (Å²) < 4.78 is 8.93. The second kappa shape index (κ2) is 6.47. The van der Waals surface area contributed by atoms with E-state index in [4.69, 9.17) is 4.74 Å². The lowest BCUT2D eigenvalue weighted by Gasteiger charge is -2.33. The number of carbonyl (C=O) groups is 1. The van der Waals surface area contributed by atoms with Crippen molar-refractivity contribution in [3.05, 3.63) is 23.9 Å². The van der Waals surface area contributed by atoms with E-state index in [0.717, 1.165) is 24.8 Å². The summed E-state index contributed by atoms with van der Waals surface area (Å²) in [5.41, 5.74) is 1.08. The van der Waals surface area contributed by atoms with Crippen LogP contribution in [0.5, 0.6) is 5.88 Å². The van der Waals surface area contributed by atoms with Gasteiger partial charge >= 0.3 is 0 Å². The first-order chi connectivity index (χ1) is 8.67. The Morgan fingerprint density at radius 2 is 2.33 bits per heavy atom. The molecule has 1 aromatic heterocycles. The van der Waals surface area contributed by atoms with Crippen molar-refractivity contribution in [2.45, 2.75) is 44.8 Å². The molecule has 1 aliphatic carbocycles. The second-order valence-corrected chi connectivity index (χ2v) is 5.35. The monoisotopic (exact) mass is 360 g/mol. The number of nitrogens with zero attached hydrogens (tertiary/aromatic N) is 1. The number of aryl methyl sites for hydroxylation is 1. The van der Waals surface area contributed by atoms with E-state index in [1.807, 2.05) is 12.1 Å². The van der Waals surface area contributed by atoms with Crippen molar-refractivity contribution < 1.29 is 9.53 Å². The fraction of sp³-hybridized carbons (Fsp3) is 0.538. The van der Waals surface area contributed by atoms with Crippen LogP contribution in [-0.2, 0) is 11.2 Å². The number of rotatable bonds is 6. The van der Waals surface area contributed by atoms with Crippen LogP contribution >= 0.6 is 22.9 Å². The Balaban J connectivity index is 1.79. The van der Waals surface area contributed by atoms with Gasteiger partial charge in [0, 0.05) is 60.4 Å². The molecule has 1 fully saturated rings. The number of aromatic nitrogens is 1.